The number of rotatable bonds is 3. The molecule has 0 radical (unpaired) electrons. The predicted octanol–water partition coefficient (Wildman–Crippen LogP) is 2.18. The number of carbonyl (C=O) groups is 1. The zero-order chi connectivity index (χ0) is 17.1. The number of hydrogen-bond acceptors (Lipinski definition) is 6. The van der Waals surface area contributed by atoms with E-state index in [2.05, 4.69) is 10.3 Å². The van der Waals surface area contributed by atoms with E-state index in [0.717, 1.165) is 0 Å². The number of carbonyl (C=O) groups excluding carboxylic acids is 1. The van der Waals surface area contributed by atoms with E-state index < -0.39 is 22.3 Å². The molecule has 1 unspecified atom stereocenters. The van der Waals surface area contributed by atoms with Gasteiger partial charge in [-0.05, 0) is 39.3 Å². The Morgan fingerprint density at radius 1 is 1.48 bits per heavy atom. The van der Waals surface area contributed by atoms with Crippen molar-refractivity contribution in [3.05, 3.63) is 34.5 Å². The Labute approximate surface area is 135 Å². The Balaban J connectivity index is 2.16. The van der Waals surface area contributed by atoms with Crippen molar-refractivity contribution >= 4 is 11.9 Å². The summed E-state index contributed by atoms with van der Waals surface area (Å²) in [6.07, 6.45) is 1.69. The first kappa shape index (κ1) is 17.0. The van der Waals surface area contributed by atoms with Crippen LogP contribution < -0.4 is 10.2 Å². The van der Waals surface area contributed by atoms with Crippen LogP contribution in [0, 0.1) is 10.1 Å². The van der Waals surface area contributed by atoms with Gasteiger partial charge in [0.15, 0.2) is 0 Å². The van der Waals surface area contributed by atoms with Crippen LogP contribution in [0.4, 0.5) is 10.6 Å². The van der Waals surface area contributed by atoms with Gasteiger partial charge in [-0.3, -0.25) is 15.4 Å². The lowest BCUT2D eigenvalue weighted by Crippen LogP contribution is -2.64. The Kier molecular flexibility index (Phi) is 4.72. The molecule has 1 aliphatic rings. The molecular formula is C15H22N4O4. The third kappa shape index (κ3) is 4.30. The monoisotopic (exact) mass is 322 g/mol. The average Bonchev–Trinajstić information content (AvgIpc) is 2.46. The van der Waals surface area contributed by atoms with E-state index in [4.69, 9.17) is 4.74 Å². The molecule has 1 N–H and O–H groups in total. The number of anilines is 1. The summed E-state index contributed by atoms with van der Waals surface area (Å²) in [5.41, 5.74) is -2.28. The number of ether oxygens (including phenoxy) is 1. The fourth-order valence-electron chi connectivity index (χ4n) is 2.56. The van der Waals surface area contributed by atoms with Gasteiger partial charge in [0.2, 0.25) is 0 Å². The maximum absolute atomic E-state index is 12.0. The van der Waals surface area contributed by atoms with Crippen molar-refractivity contribution in [2.24, 2.45) is 0 Å². The predicted molar refractivity (Wildman–Crippen MR) is 84.8 cm³/mol. The molecule has 126 valence electrons. The maximum Gasteiger partial charge on any atom is 0.413 e. The van der Waals surface area contributed by atoms with Crippen molar-refractivity contribution in [3.8, 4) is 0 Å². The minimum Gasteiger partial charge on any atom is -0.444 e. The molecule has 1 saturated heterocycles. The Bertz CT molecular complexity index is 573. The standard InChI is InChI=1S/C15H22N4O4/c1-14(2,3)23-13(20)17-15(19(21)22)8-6-10-18(11-15)12-7-4-5-9-16-12/h4-5,7,9H,6,8,10-11H2,1-3H3,(H,17,20). The molecule has 23 heavy (non-hydrogen) atoms. The first-order valence-electron chi connectivity index (χ1n) is 7.53. The minimum absolute atomic E-state index is 0.0518. The smallest absolute Gasteiger partial charge is 0.413 e. The molecule has 8 heteroatoms. The van der Waals surface area contributed by atoms with Crippen LogP contribution in [0.25, 0.3) is 0 Å². The lowest BCUT2D eigenvalue weighted by molar-refractivity contribution is -0.575. The highest BCUT2D eigenvalue weighted by Gasteiger charge is 2.49. The van der Waals surface area contributed by atoms with E-state index in [-0.39, 0.29) is 13.0 Å². The molecule has 0 aliphatic carbocycles. The number of piperidine rings is 1. The Hall–Kier alpha value is -2.38. The summed E-state index contributed by atoms with van der Waals surface area (Å²) in [6, 6.07) is 5.41. The van der Waals surface area contributed by atoms with Crippen molar-refractivity contribution in [3.63, 3.8) is 0 Å². The molecule has 1 amide bonds. The van der Waals surface area contributed by atoms with Gasteiger partial charge < -0.3 is 9.64 Å². The number of pyridine rings is 1. The molecule has 8 nitrogen and oxygen atoms in total. The Morgan fingerprint density at radius 2 is 2.22 bits per heavy atom. The van der Waals surface area contributed by atoms with Gasteiger partial charge in [-0.25, -0.2) is 9.78 Å². The van der Waals surface area contributed by atoms with Crippen molar-refractivity contribution in [2.75, 3.05) is 18.0 Å². The first-order valence-corrected chi connectivity index (χ1v) is 7.53. The normalized spacial score (nSPS) is 21.6. The summed E-state index contributed by atoms with van der Waals surface area (Å²) >= 11 is 0. The second kappa shape index (κ2) is 6.39. The highest BCUT2D eigenvalue weighted by molar-refractivity contribution is 5.68. The molecule has 1 aromatic rings. The van der Waals surface area contributed by atoms with Crippen molar-refractivity contribution in [1.82, 2.24) is 10.3 Å². The van der Waals surface area contributed by atoms with Crippen LogP contribution in [0.3, 0.4) is 0 Å². The topological polar surface area (TPSA) is 97.6 Å². The largest absolute Gasteiger partial charge is 0.444 e. The van der Waals surface area contributed by atoms with Gasteiger partial charge in [-0.1, -0.05) is 6.07 Å². The molecule has 0 spiro atoms. The van der Waals surface area contributed by atoms with Crippen LogP contribution in [-0.2, 0) is 4.74 Å². The molecule has 1 fully saturated rings. The summed E-state index contributed by atoms with van der Waals surface area (Å²) in [4.78, 5) is 29.2. The minimum atomic E-state index is -1.57. The summed E-state index contributed by atoms with van der Waals surface area (Å²) in [7, 11) is 0. The van der Waals surface area contributed by atoms with Gasteiger partial charge in [0.25, 0.3) is 0 Å². The lowest BCUT2D eigenvalue weighted by Gasteiger charge is -2.37. The molecule has 0 bridgehead atoms. The van der Waals surface area contributed by atoms with Crippen molar-refractivity contribution in [1.29, 1.82) is 0 Å². The molecule has 0 saturated carbocycles. The molecule has 1 atom stereocenters. The van der Waals surface area contributed by atoms with E-state index in [1.165, 1.54) is 0 Å². The SMILES string of the molecule is CC(C)(C)OC(=O)NC1([N+](=O)[O-])CCCN(c2ccccn2)C1. The van der Waals surface area contributed by atoms with Crippen molar-refractivity contribution in [2.45, 2.75) is 44.9 Å². The van der Waals surface area contributed by atoms with Gasteiger partial charge >= 0.3 is 11.8 Å². The van der Waals surface area contributed by atoms with Gasteiger partial charge in [0.1, 0.15) is 18.0 Å². The summed E-state index contributed by atoms with van der Waals surface area (Å²) in [5, 5.41) is 14.1. The molecule has 2 heterocycles. The summed E-state index contributed by atoms with van der Waals surface area (Å²) < 4.78 is 5.17. The zero-order valence-electron chi connectivity index (χ0n) is 13.6. The molecule has 1 aliphatic heterocycles. The number of alkyl carbamates (subject to hydrolysis) is 1. The quantitative estimate of drug-likeness (QED) is 0.520. The second-order valence-corrected chi connectivity index (χ2v) is 6.63. The van der Waals surface area contributed by atoms with Crippen LogP contribution >= 0.6 is 0 Å². The van der Waals surface area contributed by atoms with E-state index >= 15 is 0 Å². The maximum atomic E-state index is 12.0. The number of nitrogens with zero attached hydrogens (tertiary/aromatic N) is 3. The second-order valence-electron chi connectivity index (χ2n) is 6.63. The third-order valence-electron chi connectivity index (χ3n) is 3.53. The molecule has 2 rings (SSSR count). The molecule has 0 aromatic carbocycles. The number of amides is 1. The lowest BCUT2D eigenvalue weighted by atomic mass is 9.98. The number of aromatic nitrogens is 1. The Morgan fingerprint density at radius 3 is 2.78 bits per heavy atom. The average molecular weight is 322 g/mol. The fraction of sp³-hybridized carbons (Fsp3) is 0.600. The number of nitro groups is 1. The number of hydrogen-bond donors (Lipinski definition) is 1. The van der Waals surface area contributed by atoms with Gasteiger partial charge in [-0.2, -0.15) is 0 Å². The first-order chi connectivity index (χ1) is 10.7. The molecule has 1 aromatic heterocycles. The van der Waals surface area contributed by atoms with E-state index in [1.807, 2.05) is 11.0 Å². The van der Waals surface area contributed by atoms with Crippen LogP contribution in [0.1, 0.15) is 33.6 Å². The van der Waals surface area contributed by atoms with Gasteiger partial charge in [0.05, 0.1) is 4.92 Å². The van der Waals surface area contributed by atoms with E-state index in [0.29, 0.717) is 18.8 Å². The van der Waals surface area contributed by atoms with Crippen LogP contribution in [0.15, 0.2) is 24.4 Å². The van der Waals surface area contributed by atoms with Crippen LogP contribution in [0.5, 0.6) is 0 Å². The van der Waals surface area contributed by atoms with Gasteiger partial charge in [0, 0.05) is 19.2 Å². The summed E-state index contributed by atoms with van der Waals surface area (Å²) in [6.45, 7) is 5.85. The van der Waals surface area contributed by atoms with Crippen LogP contribution in [-0.4, -0.2) is 40.4 Å². The number of nitrogens with one attached hydrogen (secondary N) is 1. The third-order valence-corrected chi connectivity index (χ3v) is 3.53. The fourth-order valence-corrected chi connectivity index (χ4v) is 2.56. The van der Waals surface area contributed by atoms with E-state index in [9.17, 15) is 14.9 Å². The van der Waals surface area contributed by atoms with Crippen molar-refractivity contribution < 1.29 is 14.5 Å². The van der Waals surface area contributed by atoms with Crippen LogP contribution in [0.2, 0.25) is 0 Å². The van der Waals surface area contributed by atoms with E-state index in [1.54, 1.807) is 39.1 Å². The molecular weight excluding hydrogens is 300 g/mol. The highest BCUT2D eigenvalue weighted by atomic mass is 16.6. The highest BCUT2D eigenvalue weighted by Crippen LogP contribution is 2.26. The zero-order valence-corrected chi connectivity index (χ0v) is 13.6. The summed E-state index contributed by atoms with van der Waals surface area (Å²) in [5.74, 6) is 0.657. The van der Waals surface area contributed by atoms with Gasteiger partial charge in [-0.15, -0.1) is 0 Å².